The van der Waals surface area contributed by atoms with Crippen LogP contribution in [0.1, 0.15) is 17.2 Å². The highest BCUT2D eigenvalue weighted by Gasteiger charge is 2.16. The Labute approximate surface area is 134 Å². The summed E-state index contributed by atoms with van der Waals surface area (Å²) >= 11 is 18.0. The molecule has 2 aromatic rings. The second-order valence-corrected chi connectivity index (χ2v) is 8.56. The molecule has 0 radical (unpaired) electrons. The molecule has 0 saturated heterocycles. The van der Waals surface area contributed by atoms with Crippen LogP contribution in [0.15, 0.2) is 36.3 Å². The maximum atomic E-state index is 6.24. The lowest BCUT2D eigenvalue weighted by atomic mass is 10.0. The molecule has 90 valence electrons. The van der Waals surface area contributed by atoms with Crippen molar-refractivity contribution in [1.82, 2.24) is 0 Å². The van der Waals surface area contributed by atoms with E-state index in [9.17, 15) is 0 Å². The van der Waals surface area contributed by atoms with E-state index in [1.807, 2.05) is 24.3 Å². The van der Waals surface area contributed by atoms with E-state index in [2.05, 4.69) is 47.8 Å². The summed E-state index contributed by atoms with van der Waals surface area (Å²) in [5, 5.41) is 0.676. The van der Waals surface area contributed by atoms with E-state index in [1.54, 1.807) is 11.3 Å². The molecular formula is C11H7Br3ClNS. The number of benzene rings is 1. The highest BCUT2D eigenvalue weighted by Crippen LogP contribution is 2.37. The molecule has 0 amide bonds. The fourth-order valence-electron chi connectivity index (χ4n) is 1.50. The predicted molar refractivity (Wildman–Crippen MR) is 84.9 cm³/mol. The van der Waals surface area contributed by atoms with Crippen LogP contribution in [0.4, 0.5) is 0 Å². The van der Waals surface area contributed by atoms with Crippen molar-refractivity contribution in [1.29, 1.82) is 0 Å². The van der Waals surface area contributed by atoms with E-state index >= 15 is 0 Å². The average Bonchev–Trinajstić information content (AvgIpc) is 2.55. The molecule has 1 aromatic heterocycles. The molecule has 1 aromatic carbocycles. The lowest BCUT2D eigenvalue weighted by Crippen LogP contribution is -2.11. The van der Waals surface area contributed by atoms with E-state index in [1.165, 1.54) is 0 Å². The quantitative estimate of drug-likeness (QED) is 0.608. The minimum Gasteiger partial charge on any atom is -0.320 e. The summed E-state index contributed by atoms with van der Waals surface area (Å²) in [6.45, 7) is 0. The maximum absolute atomic E-state index is 6.24. The van der Waals surface area contributed by atoms with Gasteiger partial charge in [0.2, 0.25) is 0 Å². The SMILES string of the molecule is NC(c1cc(Cl)cc(Br)c1)c1cc(Br)sc1Br. The number of hydrogen-bond acceptors (Lipinski definition) is 2. The second-order valence-electron chi connectivity index (χ2n) is 3.46. The molecule has 0 saturated carbocycles. The molecule has 17 heavy (non-hydrogen) atoms. The Kier molecular flexibility index (Phi) is 4.72. The Balaban J connectivity index is 2.43. The van der Waals surface area contributed by atoms with Crippen LogP contribution in [0.5, 0.6) is 0 Å². The van der Waals surface area contributed by atoms with Gasteiger partial charge in [-0.25, -0.2) is 0 Å². The van der Waals surface area contributed by atoms with E-state index in [-0.39, 0.29) is 6.04 Å². The second kappa shape index (κ2) is 5.72. The minimum absolute atomic E-state index is 0.193. The van der Waals surface area contributed by atoms with Crippen molar-refractivity contribution in [2.45, 2.75) is 6.04 Å². The standard InChI is InChI=1S/C11H7Br3ClNS/c12-6-1-5(2-7(15)3-6)10(16)8-4-9(13)17-11(8)14/h1-4,10H,16H2. The first-order valence-corrected chi connectivity index (χ1v) is 8.21. The van der Waals surface area contributed by atoms with Crippen molar-refractivity contribution in [2.24, 2.45) is 5.73 Å². The van der Waals surface area contributed by atoms with Gasteiger partial charge in [0.25, 0.3) is 0 Å². The summed E-state index contributed by atoms with van der Waals surface area (Å²) in [7, 11) is 0. The molecule has 0 aliphatic rings. The fraction of sp³-hybridized carbons (Fsp3) is 0.0909. The third kappa shape index (κ3) is 3.33. The normalized spacial score (nSPS) is 12.8. The lowest BCUT2D eigenvalue weighted by Gasteiger charge is -2.12. The summed E-state index contributed by atoms with van der Waals surface area (Å²) in [5.74, 6) is 0. The lowest BCUT2D eigenvalue weighted by molar-refractivity contribution is 0.871. The molecule has 1 atom stereocenters. The van der Waals surface area contributed by atoms with Crippen molar-refractivity contribution >= 4 is 70.7 Å². The fourth-order valence-corrected chi connectivity index (χ4v) is 5.31. The van der Waals surface area contributed by atoms with E-state index in [0.29, 0.717) is 5.02 Å². The van der Waals surface area contributed by atoms with Gasteiger partial charge in [0.05, 0.1) is 13.6 Å². The Bertz CT molecular complexity index is 535. The van der Waals surface area contributed by atoms with Gasteiger partial charge in [0.1, 0.15) is 0 Å². The van der Waals surface area contributed by atoms with Gasteiger partial charge in [-0.2, -0.15) is 0 Å². The molecule has 0 spiro atoms. The Morgan fingerprint density at radius 2 is 1.82 bits per heavy atom. The van der Waals surface area contributed by atoms with Crippen molar-refractivity contribution in [3.63, 3.8) is 0 Å². The molecule has 1 unspecified atom stereocenters. The van der Waals surface area contributed by atoms with Gasteiger partial charge in [-0.05, 0) is 67.3 Å². The van der Waals surface area contributed by atoms with Crippen LogP contribution in [-0.2, 0) is 0 Å². The van der Waals surface area contributed by atoms with Gasteiger partial charge in [-0.1, -0.05) is 27.5 Å². The van der Waals surface area contributed by atoms with Crippen LogP contribution in [0, 0.1) is 0 Å². The number of thiophene rings is 1. The van der Waals surface area contributed by atoms with Gasteiger partial charge in [-0.3, -0.25) is 0 Å². The highest BCUT2D eigenvalue weighted by molar-refractivity contribution is 9.12. The zero-order chi connectivity index (χ0) is 12.6. The zero-order valence-electron chi connectivity index (χ0n) is 8.38. The monoisotopic (exact) mass is 457 g/mol. The Hall–Kier alpha value is 0.610. The molecule has 0 aliphatic heterocycles. The van der Waals surface area contributed by atoms with E-state index in [0.717, 1.165) is 23.2 Å². The number of halogens is 4. The minimum atomic E-state index is -0.193. The topological polar surface area (TPSA) is 26.0 Å². The van der Waals surface area contributed by atoms with Crippen LogP contribution in [0.25, 0.3) is 0 Å². The molecule has 2 N–H and O–H groups in total. The van der Waals surface area contributed by atoms with Gasteiger partial charge in [0, 0.05) is 9.50 Å². The zero-order valence-corrected chi connectivity index (χ0v) is 14.7. The number of rotatable bonds is 2. The number of hydrogen-bond donors (Lipinski definition) is 1. The van der Waals surface area contributed by atoms with E-state index in [4.69, 9.17) is 17.3 Å². The summed E-state index contributed by atoms with van der Waals surface area (Å²) in [6, 6.07) is 7.54. The van der Waals surface area contributed by atoms with Crippen LogP contribution in [0.2, 0.25) is 5.02 Å². The smallest absolute Gasteiger partial charge is 0.0761 e. The summed E-state index contributed by atoms with van der Waals surface area (Å²) in [4.78, 5) is 0. The third-order valence-corrected chi connectivity index (χ3v) is 5.32. The van der Waals surface area contributed by atoms with Gasteiger partial charge in [-0.15, -0.1) is 11.3 Å². The maximum Gasteiger partial charge on any atom is 0.0761 e. The molecule has 2 rings (SSSR count). The Morgan fingerprint density at radius 1 is 1.12 bits per heavy atom. The summed E-state index contributed by atoms with van der Waals surface area (Å²) < 4.78 is 3.02. The number of nitrogens with two attached hydrogens (primary N) is 1. The summed E-state index contributed by atoms with van der Waals surface area (Å²) in [6.07, 6.45) is 0. The van der Waals surface area contributed by atoms with Crippen molar-refractivity contribution in [3.8, 4) is 0 Å². The van der Waals surface area contributed by atoms with Crippen molar-refractivity contribution in [3.05, 3.63) is 52.5 Å². The first-order valence-electron chi connectivity index (χ1n) is 4.63. The molecular weight excluding hydrogens is 453 g/mol. The Morgan fingerprint density at radius 3 is 2.35 bits per heavy atom. The van der Waals surface area contributed by atoms with Crippen LogP contribution in [-0.4, -0.2) is 0 Å². The molecule has 0 fully saturated rings. The van der Waals surface area contributed by atoms with Crippen LogP contribution < -0.4 is 5.73 Å². The largest absolute Gasteiger partial charge is 0.320 e. The van der Waals surface area contributed by atoms with Gasteiger partial charge >= 0.3 is 0 Å². The first-order chi connectivity index (χ1) is 7.97. The molecule has 0 aliphatic carbocycles. The molecule has 0 bridgehead atoms. The molecule has 1 heterocycles. The average molecular weight is 460 g/mol. The van der Waals surface area contributed by atoms with Crippen molar-refractivity contribution < 1.29 is 0 Å². The highest BCUT2D eigenvalue weighted by atomic mass is 79.9. The summed E-state index contributed by atoms with van der Waals surface area (Å²) in [5.41, 5.74) is 8.28. The van der Waals surface area contributed by atoms with Gasteiger partial charge < -0.3 is 5.73 Å². The van der Waals surface area contributed by atoms with Crippen molar-refractivity contribution in [2.75, 3.05) is 0 Å². The van der Waals surface area contributed by atoms with Gasteiger partial charge in [0.15, 0.2) is 0 Å². The first kappa shape index (κ1) is 14.0. The molecule has 1 nitrogen and oxygen atoms in total. The van der Waals surface area contributed by atoms with Crippen LogP contribution in [0.3, 0.4) is 0 Å². The van der Waals surface area contributed by atoms with E-state index < -0.39 is 0 Å². The third-order valence-electron chi connectivity index (χ3n) is 2.26. The van der Waals surface area contributed by atoms with Crippen LogP contribution >= 0.6 is 70.7 Å². The molecule has 6 heteroatoms. The predicted octanol–water partition coefficient (Wildman–Crippen LogP) is 5.74.